The first-order valence-electron chi connectivity index (χ1n) is 11.0. The van der Waals surface area contributed by atoms with Gasteiger partial charge >= 0.3 is 12.1 Å². The maximum Gasteiger partial charge on any atom is 0.417 e. The molecule has 0 fully saturated rings. The molecule has 0 radical (unpaired) electrons. The maximum absolute atomic E-state index is 13.4. The number of hydrogen-bond acceptors (Lipinski definition) is 5. The highest BCUT2D eigenvalue weighted by molar-refractivity contribution is 6.31. The number of carbonyl (C=O) groups excluding carboxylic acids is 2. The monoisotopic (exact) mass is 545 g/mol. The predicted octanol–water partition coefficient (Wildman–Crippen LogP) is 5.54. The van der Waals surface area contributed by atoms with Gasteiger partial charge < -0.3 is 26.0 Å². The molecule has 0 aliphatic carbocycles. The summed E-state index contributed by atoms with van der Waals surface area (Å²) in [5, 5.41) is 17.0. The third-order valence-electron chi connectivity index (χ3n) is 5.49. The molecule has 2 amide bonds. The lowest BCUT2D eigenvalue weighted by Crippen LogP contribution is -2.19. The van der Waals surface area contributed by atoms with Crippen LogP contribution in [-0.2, 0) is 11.0 Å². The standard InChI is InChI=1S/C25H19ClF3N5O4/c1-12-17(26)7-4-8-18(12)32-23(38)15-9-13(10-19-21(15)34-24(33-19)30-11-20(35)36)31-22(37)14-5-2-3-6-16(14)25(27,28)29/h2-10H,11H2,1H3,(H,31,37)(H,32,38)(H,35,36)(H2,30,33,34). The zero-order chi connectivity index (χ0) is 27.6. The van der Waals surface area contributed by atoms with E-state index in [1.165, 1.54) is 24.3 Å². The molecule has 4 rings (SSSR count). The Hall–Kier alpha value is -4.58. The Morgan fingerprint density at radius 1 is 1.00 bits per heavy atom. The number of alkyl halides is 3. The molecule has 9 nitrogen and oxygen atoms in total. The van der Waals surface area contributed by atoms with Crippen LogP contribution in [0.3, 0.4) is 0 Å². The number of nitrogens with one attached hydrogen (secondary N) is 4. The molecule has 1 aromatic heterocycles. The highest BCUT2D eigenvalue weighted by Gasteiger charge is 2.35. The molecule has 0 bridgehead atoms. The fraction of sp³-hybridized carbons (Fsp3) is 0.120. The van der Waals surface area contributed by atoms with E-state index in [2.05, 4.69) is 25.9 Å². The zero-order valence-electron chi connectivity index (χ0n) is 19.5. The van der Waals surface area contributed by atoms with Crippen LogP contribution in [0.4, 0.5) is 30.5 Å². The van der Waals surface area contributed by atoms with Gasteiger partial charge in [0.15, 0.2) is 0 Å². The van der Waals surface area contributed by atoms with Crippen molar-refractivity contribution in [3.05, 3.63) is 81.9 Å². The van der Waals surface area contributed by atoms with Gasteiger partial charge in [-0.3, -0.25) is 14.4 Å². The summed E-state index contributed by atoms with van der Waals surface area (Å²) in [5.74, 6) is -2.82. The van der Waals surface area contributed by atoms with Gasteiger partial charge in [-0.15, -0.1) is 0 Å². The SMILES string of the molecule is Cc1c(Cl)cccc1NC(=O)c1cc(NC(=O)c2ccccc2C(F)(F)F)cc2[nH]c(NCC(=O)O)nc12. The van der Waals surface area contributed by atoms with Gasteiger partial charge in [0.1, 0.15) is 12.1 Å². The van der Waals surface area contributed by atoms with Crippen molar-refractivity contribution < 1.29 is 32.7 Å². The van der Waals surface area contributed by atoms with E-state index in [9.17, 15) is 27.6 Å². The van der Waals surface area contributed by atoms with Crippen molar-refractivity contribution in [3.8, 4) is 0 Å². The van der Waals surface area contributed by atoms with Crippen LogP contribution in [0.1, 0.15) is 31.8 Å². The molecule has 0 unspecified atom stereocenters. The molecule has 196 valence electrons. The number of benzene rings is 3. The van der Waals surface area contributed by atoms with Crippen LogP contribution in [-0.4, -0.2) is 39.4 Å². The molecule has 0 saturated heterocycles. The molecule has 3 aromatic carbocycles. The Bertz CT molecular complexity index is 1570. The Balaban J connectivity index is 1.74. The number of H-pyrrole nitrogens is 1. The minimum absolute atomic E-state index is 0.000813. The van der Waals surface area contributed by atoms with Gasteiger partial charge in [-0.25, -0.2) is 4.98 Å². The van der Waals surface area contributed by atoms with Crippen molar-refractivity contribution in [2.45, 2.75) is 13.1 Å². The molecule has 0 saturated carbocycles. The van der Waals surface area contributed by atoms with E-state index in [1.54, 1.807) is 25.1 Å². The van der Waals surface area contributed by atoms with Crippen molar-refractivity contribution in [2.24, 2.45) is 0 Å². The Kier molecular flexibility index (Phi) is 7.26. The van der Waals surface area contributed by atoms with Crippen LogP contribution in [0.2, 0.25) is 5.02 Å². The molecular formula is C25H19ClF3N5O4. The van der Waals surface area contributed by atoms with Gasteiger partial charge in [0.2, 0.25) is 5.95 Å². The molecule has 5 N–H and O–H groups in total. The Morgan fingerprint density at radius 3 is 2.42 bits per heavy atom. The first kappa shape index (κ1) is 26.5. The number of aliphatic carboxylic acids is 1. The van der Waals surface area contributed by atoms with E-state index < -0.39 is 41.6 Å². The fourth-order valence-electron chi connectivity index (χ4n) is 3.67. The lowest BCUT2D eigenvalue weighted by molar-refractivity contribution is -0.138. The molecule has 0 spiro atoms. The number of carboxylic acids is 1. The minimum atomic E-state index is -4.76. The largest absolute Gasteiger partial charge is 0.480 e. The van der Waals surface area contributed by atoms with Crippen LogP contribution in [0.5, 0.6) is 0 Å². The topological polar surface area (TPSA) is 136 Å². The number of hydrogen-bond donors (Lipinski definition) is 5. The number of aromatic nitrogens is 2. The second kappa shape index (κ2) is 10.4. The van der Waals surface area contributed by atoms with E-state index in [0.29, 0.717) is 16.3 Å². The van der Waals surface area contributed by atoms with Gasteiger partial charge in [-0.2, -0.15) is 13.2 Å². The Morgan fingerprint density at radius 2 is 1.71 bits per heavy atom. The van der Waals surface area contributed by atoms with Gasteiger partial charge in [-0.1, -0.05) is 29.8 Å². The molecule has 0 aliphatic rings. The van der Waals surface area contributed by atoms with E-state index in [1.807, 2.05) is 0 Å². The first-order chi connectivity index (χ1) is 17.9. The number of aromatic amines is 1. The van der Waals surface area contributed by atoms with Gasteiger partial charge in [0.25, 0.3) is 11.8 Å². The highest BCUT2D eigenvalue weighted by atomic mass is 35.5. The first-order valence-corrected chi connectivity index (χ1v) is 11.4. The van der Waals surface area contributed by atoms with Crippen molar-refractivity contribution >= 4 is 57.7 Å². The van der Waals surface area contributed by atoms with Crippen LogP contribution >= 0.6 is 11.6 Å². The van der Waals surface area contributed by atoms with Crippen LogP contribution < -0.4 is 16.0 Å². The average molecular weight is 546 g/mol. The zero-order valence-corrected chi connectivity index (χ0v) is 20.3. The molecule has 1 heterocycles. The summed E-state index contributed by atoms with van der Waals surface area (Å²) in [6.45, 7) is 1.23. The van der Waals surface area contributed by atoms with Crippen molar-refractivity contribution in [2.75, 3.05) is 22.5 Å². The van der Waals surface area contributed by atoms with Crippen molar-refractivity contribution in [3.63, 3.8) is 0 Å². The summed E-state index contributed by atoms with van der Waals surface area (Å²) >= 11 is 6.14. The van der Waals surface area contributed by atoms with Crippen molar-refractivity contribution in [1.29, 1.82) is 0 Å². The summed E-state index contributed by atoms with van der Waals surface area (Å²) in [5.41, 5.74) is -0.413. The average Bonchev–Trinajstić information content (AvgIpc) is 3.27. The summed E-state index contributed by atoms with van der Waals surface area (Å²) in [7, 11) is 0. The number of nitrogens with zero attached hydrogens (tertiary/aromatic N) is 1. The lowest BCUT2D eigenvalue weighted by atomic mass is 10.1. The number of halogens is 4. The van der Waals surface area contributed by atoms with Gasteiger partial charge in [0, 0.05) is 16.4 Å². The summed E-state index contributed by atoms with van der Waals surface area (Å²) in [6.07, 6.45) is -4.76. The number of amides is 2. The third-order valence-corrected chi connectivity index (χ3v) is 5.90. The lowest BCUT2D eigenvalue weighted by Gasteiger charge is -2.14. The second-order valence-corrected chi connectivity index (χ2v) is 8.52. The number of carbonyl (C=O) groups is 3. The number of imidazole rings is 1. The number of fused-ring (bicyclic) bond motifs is 1. The van der Waals surface area contributed by atoms with Crippen molar-refractivity contribution in [1.82, 2.24) is 9.97 Å². The number of anilines is 3. The summed E-state index contributed by atoms with van der Waals surface area (Å²) in [4.78, 5) is 44.1. The van der Waals surface area contributed by atoms with E-state index in [0.717, 1.165) is 12.1 Å². The fourth-order valence-corrected chi connectivity index (χ4v) is 3.84. The molecule has 0 aliphatic heterocycles. The highest BCUT2D eigenvalue weighted by Crippen LogP contribution is 2.33. The molecular weight excluding hydrogens is 527 g/mol. The molecule has 38 heavy (non-hydrogen) atoms. The normalized spacial score (nSPS) is 11.3. The summed E-state index contributed by atoms with van der Waals surface area (Å²) in [6, 6.07) is 11.8. The van der Waals surface area contributed by atoms with Gasteiger partial charge in [0.05, 0.1) is 22.2 Å². The summed E-state index contributed by atoms with van der Waals surface area (Å²) < 4.78 is 40.3. The molecule has 13 heteroatoms. The quantitative estimate of drug-likeness (QED) is 0.207. The van der Waals surface area contributed by atoms with Crippen LogP contribution in [0.15, 0.2) is 54.6 Å². The minimum Gasteiger partial charge on any atom is -0.480 e. The second-order valence-electron chi connectivity index (χ2n) is 8.12. The smallest absolute Gasteiger partial charge is 0.417 e. The van der Waals surface area contributed by atoms with Crippen LogP contribution in [0, 0.1) is 6.92 Å². The van der Waals surface area contributed by atoms with E-state index in [-0.39, 0.29) is 28.2 Å². The van der Waals surface area contributed by atoms with E-state index >= 15 is 0 Å². The van der Waals surface area contributed by atoms with Crippen LogP contribution in [0.25, 0.3) is 11.0 Å². The molecule has 4 aromatic rings. The van der Waals surface area contributed by atoms with E-state index in [4.69, 9.17) is 16.7 Å². The third kappa shape index (κ3) is 5.70. The maximum atomic E-state index is 13.4. The Labute approximate surface area is 218 Å². The molecule has 0 atom stereocenters. The van der Waals surface area contributed by atoms with Gasteiger partial charge in [-0.05, 0) is 48.9 Å². The number of rotatable bonds is 7. The number of carboxylic acid groups (broad SMARTS) is 1. The predicted molar refractivity (Wildman–Crippen MR) is 136 cm³/mol.